The molecule has 0 aliphatic rings. The van der Waals surface area contributed by atoms with E-state index < -0.39 is 10.7 Å². The molecule has 0 aromatic carbocycles. The Balaban J connectivity index is -0.000000108. The van der Waals surface area contributed by atoms with Crippen LogP contribution in [0, 0.1) is 0 Å². The predicted molar refractivity (Wildman–Crippen MR) is 79.8 cm³/mol. The van der Waals surface area contributed by atoms with Crippen molar-refractivity contribution in [3.05, 3.63) is 18.7 Å². The van der Waals surface area contributed by atoms with Crippen molar-refractivity contribution in [1.82, 2.24) is 4.57 Å². The van der Waals surface area contributed by atoms with Crippen LogP contribution in [-0.4, -0.2) is 4.57 Å². The molecule has 0 aliphatic heterocycles. The average molecular weight is 414 g/mol. The number of imidazole rings is 1. The van der Waals surface area contributed by atoms with Crippen molar-refractivity contribution in [1.29, 1.82) is 0 Å². The Kier molecular flexibility index (Phi) is 27.6. The molecule has 0 atom stereocenters. The third-order valence-corrected chi connectivity index (χ3v) is 1.59. The Bertz CT molecular complexity index is 243. The number of unbranched alkanes of at least 4 members (excludes halogenated alkanes) is 1. The molecule has 9 heteroatoms. The Morgan fingerprint density at radius 3 is 1.94 bits per heavy atom. The summed E-state index contributed by atoms with van der Waals surface area (Å²) >= 11 is 0. The van der Waals surface area contributed by atoms with Crippen molar-refractivity contribution in [2.24, 2.45) is 7.05 Å². The molecule has 0 amide bonds. The van der Waals surface area contributed by atoms with Crippen molar-refractivity contribution < 1.29 is 15.3 Å². The second kappa shape index (κ2) is 17.4. The van der Waals surface area contributed by atoms with Gasteiger partial charge in [0, 0.05) is 0 Å². The Labute approximate surface area is 139 Å². The molecule has 1 rings (SSSR count). The summed E-state index contributed by atoms with van der Waals surface area (Å²) in [5.41, 5.74) is 0. The topological polar surface area (TPSA) is 8.81 Å². The molecular formula is C8H18Cl6N2Ni+. The minimum atomic E-state index is -1.04. The van der Waals surface area contributed by atoms with E-state index in [2.05, 4.69) is 34.8 Å². The standard InChI is InChI=1S/C8H15N2.6ClH.Ni/c1-3-4-5-10-7-6-9(2)8-10;;;;;;;/h6-8H,3-5H2,1-2H3;6*1H;/q+1;;;;;;;+3/p-3. The number of aromatic nitrogens is 2. The van der Waals surface area contributed by atoms with Gasteiger partial charge in [-0.05, 0) is 6.42 Å². The predicted octanol–water partition coefficient (Wildman–Crippen LogP) is 4.44. The zero-order valence-corrected chi connectivity index (χ0v) is 15.1. The fourth-order valence-corrected chi connectivity index (χ4v) is 0.975. The molecule has 0 spiro atoms. The molecule has 0 radical (unpaired) electrons. The van der Waals surface area contributed by atoms with E-state index in [1.54, 1.807) is 0 Å². The zero-order valence-electron chi connectivity index (χ0n) is 9.42. The number of halogens is 6. The first-order valence-corrected chi connectivity index (χ1v) is 8.27. The van der Waals surface area contributed by atoms with Gasteiger partial charge in [-0.25, -0.2) is 9.13 Å². The second-order valence-corrected chi connectivity index (χ2v) is 7.70. The van der Waals surface area contributed by atoms with Crippen LogP contribution < -0.4 is 4.57 Å². The van der Waals surface area contributed by atoms with Gasteiger partial charge < -0.3 is 0 Å². The van der Waals surface area contributed by atoms with Gasteiger partial charge in [0.15, 0.2) is 0 Å². The van der Waals surface area contributed by atoms with Crippen LogP contribution >= 0.6 is 67.8 Å². The summed E-state index contributed by atoms with van der Waals surface area (Å²) in [5.74, 6) is 0. The van der Waals surface area contributed by atoms with Gasteiger partial charge >= 0.3 is 41.3 Å². The molecule has 0 N–H and O–H groups in total. The molecule has 0 aliphatic carbocycles. The SMILES string of the molecule is CCCCn1cc[n+](C)c1.Cl.Cl.Cl.[Cl][Ni]([Cl])[Cl]. The summed E-state index contributed by atoms with van der Waals surface area (Å²) in [7, 11) is 15.5. The van der Waals surface area contributed by atoms with Crippen LogP contribution in [0.15, 0.2) is 18.7 Å². The van der Waals surface area contributed by atoms with Gasteiger partial charge in [-0.3, -0.25) is 0 Å². The molecule has 0 saturated carbocycles. The van der Waals surface area contributed by atoms with Crippen LogP contribution in [0.1, 0.15) is 19.8 Å². The first kappa shape index (κ1) is 26.9. The van der Waals surface area contributed by atoms with Crippen LogP contribution in [0.4, 0.5) is 0 Å². The van der Waals surface area contributed by atoms with Gasteiger partial charge in [0.25, 0.3) is 0 Å². The maximum atomic E-state index is 4.85. The van der Waals surface area contributed by atoms with E-state index in [1.807, 2.05) is 7.05 Å². The van der Waals surface area contributed by atoms with Crippen molar-refractivity contribution in [2.75, 3.05) is 0 Å². The molecular weight excluding hydrogens is 396 g/mol. The van der Waals surface area contributed by atoms with Gasteiger partial charge in [-0.15, -0.1) is 37.2 Å². The number of hydrogen-bond acceptors (Lipinski definition) is 0. The normalized spacial score (nSPS) is 8.65. The summed E-state index contributed by atoms with van der Waals surface area (Å²) < 4.78 is 4.28. The quantitative estimate of drug-likeness (QED) is 0.512. The van der Waals surface area contributed by atoms with Crippen LogP contribution in [-0.2, 0) is 24.3 Å². The molecule has 17 heavy (non-hydrogen) atoms. The van der Waals surface area contributed by atoms with Crippen LogP contribution in [0.3, 0.4) is 0 Å². The summed E-state index contributed by atoms with van der Waals surface area (Å²) in [5, 5.41) is 0. The zero-order chi connectivity index (χ0) is 11.0. The van der Waals surface area contributed by atoms with Crippen molar-refractivity contribution in [3.63, 3.8) is 0 Å². The number of nitrogens with zero attached hydrogens (tertiary/aromatic N) is 2. The fourth-order valence-electron chi connectivity index (χ4n) is 0.975. The van der Waals surface area contributed by atoms with Crippen molar-refractivity contribution in [2.45, 2.75) is 26.3 Å². The van der Waals surface area contributed by atoms with Crippen LogP contribution in [0.25, 0.3) is 0 Å². The van der Waals surface area contributed by atoms with E-state index in [-0.39, 0.29) is 37.2 Å². The summed E-state index contributed by atoms with van der Waals surface area (Å²) in [6.45, 7) is 3.36. The number of rotatable bonds is 3. The van der Waals surface area contributed by atoms with E-state index in [0.717, 1.165) is 6.54 Å². The molecule has 1 aromatic rings. The Morgan fingerprint density at radius 1 is 1.18 bits per heavy atom. The van der Waals surface area contributed by atoms with Gasteiger partial charge in [-0.1, -0.05) is 13.3 Å². The molecule has 1 heterocycles. The summed E-state index contributed by atoms with van der Waals surface area (Å²) in [6, 6.07) is 0. The molecule has 1 aromatic heterocycles. The van der Waals surface area contributed by atoms with Gasteiger partial charge in [0.1, 0.15) is 12.4 Å². The van der Waals surface area contributed by atoms with E-state index in [0.29, 0.717) is 0 Å². The minimum absolute atomic E-state index is 0. The maximum absolute atomic E-state index is 4.85. The van der Waals surface area contributed by atoms with Crippen molar-refractivity contribution in [3.8, 4) is 0 Å². The van der Waals surface area contributed by atoms with Crippen LogP contribution in [0.5, 0.6) is 0 Å². The fraction of sp³-hybridized carbons (Fsp3) is 0.625. The van der Waals surface area contributed by atoms with Gasteiger partial charge in [0.2, 0.25) is 6.33 Å². The Morgan fingerprint density at radius 2 is 1.65 bits per heavy atom. The van der Waals surface area contributed by atoms with E-state index in [9.17, 15) is 0 Å². The Hall–Kier alpha value is 1.44. The summed E-state index contributed by atoms with van der Waals surface area (Å²) in [4.78, 5) is 0. The van der Waals surface area contributed by atoms with Crippen molar-refractivity contribution >= 4 is 67.8 Å². The second-order valence-electron chi connectivity index (χ2n) is 2.81. The number of aryl methyl sites for hydroxylation is 2. The van der Waals surface area contributed by atoms with Gasteiger partial charge in [0.05, 0.1) is 13.6 Å². The number of hydrogen-bond donors (Lipinski definition) is 0. The monoisotopic (exact) mass is 410 g/mol. The third-order valence-electron chi connectivity index (χ3n) is 1.59. The first-order chi connectivity index (χ1) is 6.56. The first-order valence-electron chi connectivity index (χ1n) is 4.20. The van der Waals surface area contributed by atoms with E-state index in [1.165, 1.54) is 12.8 Å². The molecule has 0 fully saturated rings. The molecule has 2 nitrogen and oxygen atoms in total. The van der Waals surface area contributed by atoms with E-state index >= 15 is 0 Å². The van der Waals surface area contributed by atoms with E-state index in [4.69, 9.17) is 30.6 Å². The molecule has 0 unspecified atom stereocenters. The molecule has 111 valence electrons. The van der Waals surface area contributed by atoms with Crippen LogP contribution in [0.2, 0.25) is 0 Å². The molecule has 0 bridgehead atoms. The average Bonchev–Trinajstić information content (AvgIpc) is 2.47. The van der Waals surface area contributed by atoms with Gasteiger partial charge in [-0.2, -0.15) is 0 Å². The third kappa shape index (κ3) is 19.9. The summed E-state index contributed by atoms with van der Waals surface area (Å²) in [6.07, 6.45) is 8.82. The molecule has 0 saturated heterocycles.